The molecular formula is C10H14ClN3O. The van der Waals surface area contributed by atoms with Gasteiger partial charge >= 0.3 is 0 Å². The van der Waals surface area contributed by atoms with Crippen LogP contribution >= 0.6 is 11.6 Å². The first-order chi connectivity index (χ1) is 7.22. The maximum absolute atomic E-state index is 9.17. The third-order valence-electron chi connectivity index (χ3n) is 3.05. The highest BCUT2D eigenvalue weighted by Gasteiger charge is 2.30. The highest BCUT2D eigenvalue weighted by molar-refractivity contribution is 6.28. The zero-order valence-corrected chi connectivity index (χ0v) is 9.35. The summed E-state index contributed by atoms with van der Waals surface area (Å²) in [6, 6.07) is 2.16. The van der Waals surface area contributed by atoms with E-state index < -0.39 is 0 Å². The molecule has 0 saturated carbocycles. The van der Waals surface area contributed by atoms with E-state index in [-0.39, 0.29) is 11.9 Å². The Morgan fingerprint density at radius 3 is 3.07 bits per heavy atom. The fourth-order valence-electron chi connectivity index (χ4n) is 2.06. The van der Waals surface area contributed by atoms with Crippen LogP contribution in [-0.2, 0) is 0 Å². The van der Waals surface area contributed by atoms with Gasteiger partial charge in [-0.1, -0.05) is 0 Å². The lowest BCUT2D eigenvalue weighted by Crippen LogP contribution is -2.31. The van der Waals surface area contributed by atoms with Crippen molar-refractivity contribution in [3.05, 3.63) is 17.5 Å². The third kappa shape index (κ3) is 2.06. The van der Waals surface area contributed by atoms with Gasteiger partial charge in [0.1, 0.15) is 5.82 Å². The van der Waals surface area contributed by atoms with Gasteiger partial charge in [-0.2, -0.15) is 0 Å². The fourth-order valence-corrected chi connectivity index (χ4v) is 2.20. The van der Waals surface area contributed by atoms with Gasteiger partial charge in [-0.3, -0.25) is 0 Å². The molecule has 82 valence electrons. The first-order valence-electron chi connectivity index (χ1n) is 5.08. The summed E-state index contributed by atoms with van der Waals surface area (Å²) in [6.45, 7) is 3.25. The van der Waals surface area contributed by atoms with E-state index in [0.717, 1.165) is 18.8 Å². The largest absolute Gasteiger partial charge is 0.396 e. The van der Waals surface area contributed by atoms with Gasteiger partial charge in [0, 0.05) is 31.3 Å². The second-order valence-corrected chi connectivity index (χ2v) is 4.19. The minimum absolute atomic E-state index is 0.233. The molecule has 2 rings (SSSR count). The SMILES string of the molecule is CC1C(CO)CCN1c1ccnc(Cl)n1. The standard InChI is InChI=1S/C10H14ClN3O/c1-7-8(6-15)3-5-14(7)9-2-4-12-10(11)13-9/h2,4,7-8,15H,3,5-6H2,1H3. The monoisotopic (exact) mass is 227 g/mol. The zero-order valence-electron chi connectivity index (χ0n) is 8.60. The van der Waals surface area contributed by atoms with Crippen molar-refractivity contribution in [2.45, 2.75) is 19.4 Å². The van der Waals surface area contributed by atoms with Crippen LogP contribution in [0, 0.1) is 5.92 Å². The van der Waals surface area contributed by atoms with Crippen LogP contribution in [0.2, 0.25) is 5.28 Å². The van der Waals surface area contributed by atoms with Crippen molar-refractivity contribution >= 4 is 17.4 Å². The molecule has 1 aliphatic heterocycles. The highest BCUT2D eigenvalue weighted by Crippen LogP contribution is 2.28. The molecule has 1 N–H and O–H groups in total. The molecule has 15 heavy (non-hydrogen) atoms. The quantitative estimate of drug-likeness (QED) is 0.775. The first kappa shape index (κ1) is 10.6. The Morgan fingerprint density at radius 1 is 1.67 bits per heavy atom. The molecular weight excluding hydrogens is 214 g/mol. The number of anilines is 1. The minimum Gasteiger partial charge on any atom is -0.396 e. The normalized spacial score (nSPS) is 25.9. The van der Waals surface area contributed by atoms with Gasteiger partial charge < -0.3 is 10.0 Å². The second-order valence-electron chi connectivity index (χ2n) is 3.85. The Labute approximate surface area is 93.9 Å². The van der Waals surface area contributed by atoms with Gasteiger partial charge in [-0.05, 0) is 31.0 Å². The Kier molecular flexibility index (Phi) is 3.07. The summed E-state index contributed by atoms with van der Waals surface area (Å²) in [4.78, 5) is 10.2. The minimum atomic E-state index is 0.233. The topological polar surface area (TPSA) is 49.2 Å². The Balaban J connectivity index is 2.18. The molecule has 2 heterocycles. The molecule has 1 aromatic rings. The van der Waals surface area contributed by atoms with E-state index in [4.69, 9.17) is 11.6 Å². The summed E-state index contributed by atoms with van der Waals surface area (Å²) in [6.07, 6.45) is 2.66. The van der Waals surface area contributed by atoms with Crippen LogP contribution in [0.3, 0.4) is 0 Å². The van der Waals surface area contributed by atoms with Crippen LogP contribution < -0.4 is 4.90 Å². The number of aromatic nitrogens is 2. The summed E-state index contributed by atoms with van der Waals surface area (Å²) < 4.78 is 0. The summed E-state index contributed by atoms with van der Waals surface area (Å²) >= 11 is 5.74. The van der Waals surface area contributed by atoms with Crippen LogP contribution in [0.5, 0.6) is 0 Å². The van der Waals surface area contributed by atoms with Gasteiger partial charge in [0.05, 0.1) is 0 Å². The van der Waals surface area contributed by atoms with E-state index in [1.54, 1.807) is 6.20 Å². The summed E-state index contributed by atoms with van der Waals surface area (Å²) in [7, 11) is 0. The van der Waals surface area contributed by atoms with E-state index in [1.807, 2.05) is 6.07 Å². The van der Waals surface area contributed by atoms with Crippen molar-refractivity contribution in [2.75, 3.05) is 18.1 Å². The van der Waals surface area contributed by atoms with Crippen molar-refractivity contribution in [3.63, 3.8) is 0 Å². The molecule has 0 aromatic carbocycles. The molecule has 0 spiro atoms. The van der Waals surface area contributed by atoms with Crippen molar-refractivity contribution in [1.82, 2.24) is 9.97 Å². The lowest BCUT2D eigenvalue weighted by molar-refractivity contribution is 0.221. The summed E-state index contributed by atoms with van der Waals surface area (Å²) in [5.74, 6) is 1.18. The summed E-state index contributed by atoms with van der Waals surface area (Å²) in [5.41, 5.74) is 0. The molecule has 0 bridgehead atoms. The van der Waals surface area contributed by atoms with Crippen LogP contribution in [0.1, 0.15) is 13.3 Å². The number of aliphatic hydroxyl groups is 1. The van der Waals surface area contributed by atoms with Gasteiger partial charge in [-0.25, -0.2) is 9.97 Å². The van der Waals surface area contributed by atoms with Crippen LogP contribution in [-0.4, -0.2) is 34.3 Å². The number of rotatable bonds is 2. The predicted octanol–water partition coefficient (Wildman–Crippen LogP) is 1.34. The van der Waals surface area contributed by atoms with Crippen molar-refractivity contribution in [3.8, 4) is 0 Å². The molecule has 4 nitrogen and oxygen atoms in total. The van der Waals surface area contributed by atoms with E-state index in [0.29, 0.717) is 12.0 Å². The van der Waals surface area contributed by atoms with E-state index in [2.05, 4.69) is 21.8 Å². The van der Waals surface area contributed by atoms with Crippen molar-refractivity contribution in [1.29, 1.82) is 0 Å². The molecule has 0 amide bonds. The molecule has 2 atom stereocenters. The molecule has 1 fully saturated rings. The van der Waals surface area contributed by atoms with Gasteiger partial charge in [-0.15, -0.1) is 0 Å². The van der Waals surface area contributed by atoms with Crippen molar-refractivity contribution in [2.24, 2.45) is 5.92 Å². The molecule has 1 saturated heterocycles. The lowest BCUT2D eigenvalue weighted by Gasteiger charge is -2.24. The van der Waals surface area contributed by atoms with E-state index in [1.165, 1.54) is 0 Å². The van der Waals surface area contributed by atoms with Crippen LogP contribution in [0.15, 0.2) is 12.3 Å². The molecule has 2 unspecified atom stereocenters. The van der Waals surface area contributed by atoms with E-state index >= 15 is 0 Å². The predicted molar refractivity (Wildman–Crippen MR) is 59.0 cm³/mol. The highest BCUT2D eigenvalue weighted by atomic mass is 35.5. The van der Waals surface area contributed by atoms with E-state index in [9.17, 15) is 5.11 Å². The second kappa shape index (κ2) is 4.33. The lowest BCUT2D eigenvalue weighted by atomic mass is 10.0. The molecule has 0 aliphatic carbocycles. The molecule has 1 aromatic heterocycles. The van der Waals surface area contributed by atoms with Crippen LogP contribution in [0.25, 0.3) is 0 Å². The molecule has 1 aliphatic rings. The van der Waals surface area contributed by atoms with Gasteiger partial charge in [0.2, 0.25) is 5.28 Å². The maximum atomic E-state index is 9.17. The smallest absolute Gasteiger partial charge is 0.224 e. The number of hydrogen-bond acceptors (Lipinski definition) is 4. The number of hydrogen-bond donors (Lipinski definition) is 1. The maximum Gasteiger partial charge on any atom is 0.224 e. The van der Waals surface area contributed by atoms with Crippen molar-refractivity contribution < 1.29 is 5.11 Å². The molecule has 5 heteroatoms. The Morgan fingerprint density at radius 2 is 2.47 bits per heavy atom. The Bertz CT molecular complexity index is 347. The number of aliphatic hydroxyl groups excluding tert-OH is 1. The number of halogens is 1. The van der Waals surface area contributed by atoms with Gasteiger partial charge in [0.15, 0.2) is 0 Å². The number of nitrogens with zero attached hydrogens (tertiary/aromatic N) is 3. The van der Waals surface area contributed by atoms with Crippen LogP contribution in [0.4, 0.5) is 5.82 Å². The summed E-state index contributed by atoms with van der Waals surface area (Å²) in [5, 5.41) is 9.44. The third-order valence-corrected chi connectivity index (χ3v) is 3.24. The molecule has 0 radical (unpaired) electrons. The zero-order chi connectivity index (χ0) is 10.8. The average Bonchev–Trinajstić information content (AvgIpc) is 2.59. The Hall–Kier alpha value is -0.870. The fraction of sp³-hybridized carbons (Fsp3) is 0.600. The van der Waals surface area contributed by atoms with Gasteiger partial charge in [0.25, 0.3) is 0 Å². The first-order valence-corrected chi connectivity index (χ1v) is 5.46. The average molecular weight is 228 g/mol.